The lowest BCUT2D eigenvalue weighted by Crippen LogP contribution is -2.44. The number of amides is 4. The van der Waals surface area contributed by atoms with Crippen molar-refractivity contribution in [2.75, 3.05) is 13.1 Å². The van der Waals surface area contributed by atoms with Crippen LogP contribution in [0.15, 0.2) is 18.7 Å². The molecule has 0 unspecified atom stereocenters. The number of urea groups is 1. The van der Waals surface area contributed by atoms with E-state index < -0.39 is 5.54 Å². The molecule has 3 rings (SSSR count). The number of hydrogen-bond donors (Lipinski definition) is 2. The molecule has 0 radical (unpaired) electrons. The SMILES string of the molecule is O=C(CCCN1C(=O)NC2(CCCC2)C1=O)NCCCn1ccnc1. The van der Waals surface area contributed by atoms with Gasteiger partial charge in [-0.05, 0) is 25.7 Å². The number of nitrogens with one attached hydrogen (secondary N) is 2. The van der Waals surface area contributed by atoms with Gasteiger partial charge in [0.1, 0.15) is 5.54 Å². The van der Waals surface area contributed by atoms with Gasteiger partial charge in [0.15, 0.2) is 0 Å². The summed E-state index contributed by atoms with van der Waals surface area (Å²) in [5.74, 6) is -0.163. The third kappa shape index (κ3) is 4.00. The molecule has 2 fully saturated rings. The smallest absolute Gasteiger partial charge is 0.325 e. The molecule has 0 bridgehead atoms. The first-order valence-corrected chi connectivity index (χ1v) is 8.97. The molecule has 1 aromatic rings. The maximum atomic E-state index is 12.5. The average molecular weight is 347 g/mol. The van der Waals surface area contributed by atoms with E-state index in [1.807, 2.05) is 10.8 Å². The van der Waals surface area contributed by atoms with Crippen LogP contribution in [0.5, 0.6) is 0 Å². The monoisotopic (exact) mass is 347 g/mol. The Balaban J connectivity index is 1.33. The van der Waals surface area contributed by atoms with Gasteiger partial charge in [0.05, 0.1) is 6.33 Å². The summed E-state index contributed by atoms with van der Waals surface area (Å²) in [5.41, 5.74) is -0.660. The summed E-state index contributed by atoms with van der Waals surface area (Å²) in [7, 11) is 0. The Kier molecular flexibility index (Phi) is 5.35. The molecule has 1 spiro atoms. The molecule has 1 aliphatic heterocycles. The van der Waals surface area contributed by atoms with Crippen LogP contribution < -0.4 is 10.6 Å². The van der Waals surface area contributed by atoms with Crippen LogP contribution in [-0.4, -0.2) is 50.9 Å². The molecule has 25 heavy (non-hydrogen) atoms. The molecule has 2 heterocycles. The molecule has 1 saturated heterocycles. The summed E-state index contributed by atoms with van der Waals surface area (Å²) >= 11 is 0. The van der Waals surface area contributed by atoms with Crippen molar-refractivity contribution in [3.05, 3.63) is 18.7 Å². The summed E-state index contributed by atoms with van der Waals surface area (Å²) < 4.78 is 1.96. The van der Waals surface area contributed by atoms with E-state index >= 15 is 0 Å². The van der Waals surface area contributed by atoms with Gasteiger partial charge >= 0.3 is 6.03 Å². The van der Waals surface area contributed by atoms with Crippen LogP contribution in [0.3, 0.4) is 0 Å². The number of carbonyl (C=O) groups excluding carboxylic acids is 3. The van der Waals surface area contributed by atoms with Gasteiger partial charge in [0.2, 0.25) is 5.91 Å². The van der Waals surface area contributed by atoms with E-state index in [4.69, 9.17) is 0 Å². The zero-order valence-corrected chi connectivity index (χ0v) is 14.4. The second-order valence-corrected chi connectivity index (χ2v) is 6.78. The first kappa shape index (κ1) is 17.4. The normalized spacial score (nSPS) is 18.8. The summed E-state index contributed by atoms with van der Waals surface area (Å²) in [6.07, 6.45) is 10.4. The van der Waals surface area contributed by atoms with E-state index in [0.717, 1.165) is 38.6 Å². The largest absolute Gasteiger partial charge is 0.356 e. The fourth-order valence-corrected chi connectivity index (χ4v) is 3.59. The Morgan fingerprint density at radius 3 is 2.76 bits per heavy atom. The molecule has 136 valence electrons. The van der Waals surface area contributed by atoms with Crippen LogP contribution in [0, 0.1) is 0 Å². The van der Waals surface area contributed by atoms with Crippen LogP contribution in [0.25, 0.3) is 0 Å². The Labute approximate surface area is 147 Å². The van der Waals surface area contributed by atoms with Gasteiger partial charge in [0, 0.05) is 38.4 Å². The second kappa shape index (κ2) is 7.67. The zero-order chi connectivity index (χ0) is 17.7. The van der Waals surface area contributed by atoms with E-state index in [1.54, 1.807) is 12.5 Å². The van der Waals surface area contributed by atoms with Crippen LogP contribution >= 0.6 is 0 Å². The number of nitrogens with zero attached hydrogens (tertiary/aromatic N) is 3. The van der Waals surface area contributed by atoms with Gasteiger partial charge in [0.25, 0.3) is 5.91 Å². The topological polar surface area (TPSA) is 96.3 Å². The van der Waals surface area contributed by atoms with E-state index in [2.05, 4.69) is 15.6 Å². The molecule has 1 aliphatic carbocycles. The van der Waals surface area contributed by atoms with E-state index in [1.165, 1.54) is 4.90 Å². The van der Waals surface area contributed by atoms with Crippen molar-refractivity contribution in [3.8, 4) is 0 Å². The molecular formula is C17H25N5O3. The van der Waals surface area contributed by atoms with Crippen LogP contribution in [0.1, 0.15) is 44.9 Å². The number of aryl methyl sites for hydroxylation is 1. The predicted molar refractivity (Wildman–Crippen MR) is 90.5 cm³/mol. The van der Waals surface area contributed by atoms with Crippen LogP contribution in [-0.2, 0) is 16.1 Å². The quantitative estimate of drug-likeness (QED) is 0.542. The average Bonchev–Trinajstić information content (AvgIpc) is 3.31. The lowest BCUT2D eigenvalue weighted by molar-refractivity contribution is -0.131. The molecule has 1 aromatic heterocycles. The molecule has 2 aliphatic rings. The molecule has 8 heteroatoms. The highest BCUT2D eigenvalue weighted by atomic mass is 16.2. The van der Waals surface area contributed by atoms with Gasteiger partial charge in [-0.3, -0.25) is 14.5 Å². The van der Waals surface area contributed by atoms with Crippen molar-refractivity contribution in [1.29, 1.82) is 0 Å². The number of hydrogen-bond acceptors (Lipinski definition) is 4. The molecule has 0 aromatic carbocycles. The summed E-state index contributed by atoms with van der Waals surface area (Å²) in [6, 6.07) is -0.312. The van der Waals surface area contributed by atoms with Gasteiger partial charge in [-0.1, -0.05) is 12.8 Å². The standard InChI is InChI=1S/C17H25N5O3/c23-14(19-8-4-10-21-12-9-18-13-21)5-3-11-22-15(24)17(20-16(22)25)6-1-2-7-17/h9,12-13H,1-8,10-11H2,(H,19,23)(H,20,25). The second-order valence-electron chi connectivity index (χ2n) is 6.78. The first-order valence-electron chi connectivity index (χ1n) is 8.97. The summed E-state index contributed by atoms with van der Waals surface area (Å²) in [6.45, 7) is 1.71. The Hall–Kier alpha value is -2.38. The van der Waals surface area contributed by atoms with Crippen molar-refractivity contribution in [2.24, 2.45) is 0 Å². The zero-order valence-electron chi connectivity index (χ0n) is 14.4. The van der Waals surface area contributed by atoms with Crippen LogP contribution in [0.4, 0.5) is 4.79 Å². The Morgan fingerprint density at radius 2 is 2.04 bits per heavy atom. The third-order valence-electron chi connectivity index (χ3n) is 4.96. The minimum absolute atomic E-state index is 0.0479. The highest BCUT2D eigenvalue weighted by molar-refractivity contribution is 6.07. The molecule has 2 N–H and O–H groups in total. The van der Waals surface area contributed by atoms with E-state index in [-0.39, 0.29) is 17.8 Å². The fraction of sp³-hybridized carbons (Fsp3) is 0.647. The van der Waals surface area contributed by atoms with Crippen molar-refractivity contribution in [1.82, 2.24) is 25.1 Å². The highest BCUT2D eigenvalue weighted by Gasteiger charge is 2.51. The maximum absolute atomic E-state index is 12.5. The first-order chi connectivity index (χ1) is 12.1. The molecule has 0 atom stereocenters. The summed E-state index contributed by atoms with van der Waals surface area (Å²) in [4.78, 5) is 41.6. The van der Waals surface area contributed by atoms with E-state index in [9.17, 15) is 14.4 Å². The minimum atomic E-state index is -0.660. The van der Waals surface area contributed by atoms with Crippen molar-refractivity contribution < 1.29 is 14.4 Å². The fourth-order valence-electron chi connectivity index (χ4n) is 3.59. The van der Waals surface area contributed by atoms with Gasteiger partial charge < -0.3 is 15.2 Å². The lowest BCUT2D eigenvalue weighted by Gasteiger charge is -2.19. The molecule has 1 saturated carbocycles. The van der Waals surface area contributed by atoms with Gasteiger partial charge in [-0.2, -0.15) is 0 Å². The van der Waals surface area contributed by atoms with Crippen molar-refractivity contribution in [3.63, 3.8) is 0 Å². The molecule has 8 nitrogen and oxygen atoms in total. The van der Waals surface area contributed by atoms with Crippen LogP contribution in [0.2, 0.25) is 0 Å². The van der Waals surface area contributed by atoms with E-state index in [0.29, 0.717) is 25.9 Å². The summed E-state index contributed by atoms with van der Waals surface area (Å²) in [5, 5.41) is 5.72. The van der Waals surface area contributed by atoms with Crippen molar-refractivity contribution >= 4 is 17.8 Å². The lowest BCUT2D eigenvalue weighted by atomic mass is 9.98. The number of aromatic nitrogens is 2. The minimum Gasteiger partial charge on any atom is -0.356 e. The molecular weight excluding hydrogens is 322 g/mol. The number of imide groups is 1. The third-order valence-corrected chi connectivity index (χ3v) is 4.96. The number of carbonyl (C=O) groups is 3. The van der Waals surface area contributed by atoms with Crippen molar-refractivity contribution in [2.45, 2.75) is 57.0 Å². The highest BCUT2D eigenvalue weighted by Crippen LogP contribution is 2.35. The Bertz CT molecular complexity index is 622. The Morgan fingerprint density at radius 1 is 1.24 bits per heavy atom. The predicted octanol–water partition coefficient (Wildman–Crippen LogP) is 1.03. The maximum Gasteiger partial charge on any atom is 0.325 e. The van der Waals surface area contributed by atoms with Gasteiger partial charge in [-0.15, -0.1) is 0 Å². The van der Waals surface area contributed by atoms with Gasteiger partial charge in [-0.25, -0.2) is 9.78 Å². The molecule has 4 amide bonds. The number of rotatable bonds is 8. The number of imidazole rings is 1.